The van der Waals surface area contributed by atoms with Crippen LogP contribution >= 0.6 is 0 Å². The second kappa shape index (κ2) is 4.95. The summed E-state index contributed by atoms with van der Waals surface area (Å²) in [5.74, 6) is -0.179. The van der Waals surface area contributed by atoms with Gasteiger partial charge in [-0.2, -0.15) is 4.31 Å². The number of nitrogens with zero attached hydrogens (tertiary/aromatic N) is 1. The number of β-amino-alcohol motifs (C(OH)–C–C–N with tert-alkyl or cyclic N) is 1. The van der Waals surface area contributed by atoms with Gasteiger partial charge < -0.3 is 5.11 Å². The van der Waals surface area contributed by atoms with Crippen LogP contribution in [0.1, 0.15) is 31.1 Å². The van der Waals surface area contributed by atoms with Gasteiger partial charge in [-0.05, 0) is 25.0 Å². The molecule has 110 valence electrons. The lowest BCUT2D eigenvalue weighted by Gasteiger charge is -2.47. The predicted molar refractivity (Wildman–Crippen MR) is 75.0 cm³/mol. The molecule has 2 rings (SSSR count). The highest BCUT2D eigenvalue weighted by Gasteiger charge is 2.49. The van der Waals surface area contributed by atoms with Crippen LogP contribution in [0.25, 0.3) is 0 Å². The number of hydrogen-bond donors (Lipinski definition) is 1. The van der Waals surface area contributed by atoms with Crippen molar-refractivity contribution in [2.75, 3.05) is 13.1 Å². The summed E-state index contributed by atoms with van der Waals surface area (Å²) in [5, 5.41) is 10.2. The summed E-state index contributed by atoms with van der Waals surface area (Å²) in [6.07, 6.45) is 0. The van der Waals surface area contributed by atoms with Crippen molar-refractivity contribution >= 4 is 15.8 Å². The van der Waals surface area contributed by atoms with Crippen molar-refractivity contribution in [3.05, 3.63) is 29.8 Å². The van der Waals surface area contributed by atoms with Crippen molar-refractivity contribution in [1.82, 2.24) is 4.31 Å². The van der Waals surface area contributed by atoms with Gasteiger partial charge >= 0.3 is 0 Å². The van der Waals surface area contributed by atoms with E-state index in [1.165, 1.54) is 23.4 Å². The number of sulfonamides is 1. The molecule has 6 heteroatoms. The molecule has 1 saturated heterocycles. The maximum Gasteiger partial charge on any atom is 0.243 e. The minimum atomic E-state index is -3.64. The molecule has 1 aliphatic heterocycles. The van der Waals surface area contributed by atoms with Gasteiger partial charge in [0.15, 0.2) is 5.78 Å². The van der Waals surface area contributed by atoms with Crippen molar-refractivity contribution < 1.29 is 18.3 Å². The predicted octanol–water partition coefficient (Wildman–Crippen LogP) is 1.28. The average Bonchev–Trinajstić information content (AvgIpc) is 2.34. The van der Waals surface area contributed by atoms with Gasteiger partial charge in [-0.1, -0.05) is 26.0 Å². The van der Waals surface area contributed by atoms with E-state index in [1.54, 1.807) is 12.1 Å². The number of Topliss-reactive ketones (excluding diaryl/α,β-unsaturated/α-hetero) is 1. The standard InChI is InChI=1S/C14H19NO4S/c1-10(2)14(17)8-15(9-14)20(18,19)13-6-4-5-12(7-13)11(3)16/h4-7,10,17H,8-9H2,1-3H3. The fraction of sp³-hybridized carbons (Fsp3) is 0.500. The first kappa shape index (κ1) is 15.2. The van der Waals surface area contributed by atoms with Crippen LogP contribution in [0.5, 0.6) is 0 Å². The van der Waals surface area contributed by atoms with Crippen LogP contribution in [0, 0.1) is 5.92 Å². The summed E-state index contributed by atoms with van der Waals surface area (Å²) in [6.45, 7) is 5.31. The third kappa shape index (κ3) is 2.51. The summed E-state index contributed by atoms with van der Waals surface area (Å²) in [6, 6.07) is 5.99. The SMILES string of the molecule is CC(=O)c1cccc(S(=O)(=O)N2CC(O)(C(C)C)C2)c1. The molecule has 0 radical (unpaired) electrons. The van der Waals surface area contributed by atoms with Crippen molar-refractivity contribution in [3.8, 4) is 0 Å². The first-order chi connectivity index (χ1) is 9.17. The monoisotopic (exact) mass is 297 g/mol. The second-order valence-electron chi connectivity index (χ2n) is 5.62. The van der Waals surface area contributed by atoms with E-state index in [0.29, 0.717) is 5.56 Å². The Morgan fingerprint density at radius 2 is 1.95 bits per heavy atom. The van der Waals surface area contributed by atoms with Crippen molar-refractivity contribution in [2.24, 2.45) is 5.92 Å². The van der Waals surface area contributed by atoms with E-state index < -0.39 is 15.6 Å². The molecule has 0 amide bonds. The maximum absolute atomic E-state index is 12.4. The van der Waals surface area contributed by atoms with E-state index in [-0.39, 0.29) is 29.7 Å². The summed E-state index contributed by atoms with van der Waals surface area (Å²) >= 11 is 0. The lowest BCUT2D eigenvalue weighted by atomic mass is 9.85. The molecule has 0 aliphatic carbocycles. The number of rotatable bonds is 4. The Balaban J connectivity index is 2.25. The van der Waals surface area contributed by atoms with Crippen LogP contribution in [0.4, 0.5) is 0 Å². The Morgan fingerprint density at radius 1 is 1.35 bits per heavy atom. The van der Waals surface area contributed by atoms with Gasteiger partial charge in [-0.25, -0.2) is 8.42 Å². The molecule has 1 aliphatic rings. The van der Waals surface area contributed by atoms with Crippen LogP contribution < -0.4 is 0 Å². The molecule has 1 aromatic rings. The molecule has 1 N–H and O–H groups in total. The molecule has 0 unspecified atom stereocenters. The van der Waals surface area contributed by atoms with E-state index in [0.717, 1.165) is 0 Å². The highest BCUT2D eigenvalue weighted by Crippen LogP contribution is 2.33. The number of ketones is 1. The van der Waals surface area contributed by atoms with Crippen LogP contribution in [0.2, 0.25) is 0 Å². The van der Waals surface area contributed by atoms with Gasteiger partial charge in [0.05, 0.1) is 10.5 Å². The molecule has 0 aromatic heterocycles. The second-order valence-corrected chi connectivity index (χ2v) is 7.55. The van der Waals surface area contributed by atoms with Crippen LogP contribution in [-0.4, -0.2) is 42.3 Å². The molecule has 0 spiro atoms. The van der Waals surface area contributed by atoms with Gasteiger partial charge in [0.1, 0.15) is 0 Å². The Morgan fingerprint density at radius 3 is 2.45 bits per heavy atom. The lowest BCUT2D eigenvalue weighted by molar-refractivity contribution is -0.0932. The molecule has 0 bridgehead atoms. The maximum atomic E-state index is 12.4. The number of carbonyl (C=O) groups is 1. The molecule has 20 heavy (non-hydrogen) atoms. The van der Waals surface area contributed by atoms with E-state index in [9.17, 15) is 18.3 Å². The van der Waals surface area contributed by atoms with E-state index >= 15 is 0 Å². The van der Waals surface area contributed by atoms with Crippen LogP contribution in [-0.2, 0) is 10.0 Å². The zero-order chi connectivity index (χ0) is 15.1. The van der Waals surface area contributed by atoms with Crippen LogP contribution in [0.3, 0.4) is 0 Å². The Labute approximate surface area is 119 Å². The molecule has 1 heterocycles. The van der Waals surface area contributed by atoms with Crippen molar-refractivity contribution in [3.63, 3.8) is 0 Å². The Bertz CT molecular complexity index is 630. The minimum absolute atomic E-state index is 0.00231. The van der Waals surface area contributed by atoms with Gasteiger partial charge in [0.25, 0.3) is 0 Å². The smallest absolute Gasteiger partial charge is 0.243 e. The zero-order valence-electron chi connectivity index (χ0n) is 11.8. The third-order valence-electron chi connectivity index (χ3n) is 3.85. The number of aliphatic hydroxyl groups is 1. The van der Waals surface area contributed by atoms with Gasteiger partial charge in [-0.15, -0.1) is 0 Å². The van der Waals surface area contributed by atoms with Crippen molar-refractivity contribution in [2.45, 2.75) is 31.3 Å². The zero-order valence-corrected chi connectivity index (χ0v) is 12.6. The largest absolute Gasteiger partial charge is 0.387 e. The molecular formula is C14H19NO4S. The lowest BCUT2D eigenvalue weighted by Crippen LogP contribution is -2.65. The van der Waals surface area contributed by atoms with E-state index in [2.05, 4.69) is 0 Å². The van der Waals surface area contributed by atoms with Gasteiger partial charge in [0.2, 0.25) is 10.0 Å². The summed E-state index contributed by atoms with van der Waals surface area (Å²) in [4.78, 5) is 11.4. The fourth-order valence-electron chi connectivity index (χ4n) is 2.12. The molecular weight excluding hydrogens is 278 g/mol. The highest BCUT2D eigenvalue weighted by atomic mass is 32.2. The summed E-state index contributed by atoms with van der Waals surface area (Å²) in [7, 11) is -3.64. The van der Waals surface area contributed by atoms with E-state index in [1.807, 2.05) is 13.8 Å². The van der Waals surface area contributed by atoms with Crippen LogP contribution in [0.15, 0.2) is 29.2 Å². The van der Waals surface area contributed by atoms with Crippen molar-refractivity contribution in [1.29, 1.82) is 0 Å². The molecule has 5 nitrogen and oxygen atoms in total. The van der Waals surface area contributed by atoms with E-state index in [4.69, 9.17) is 0 Å². The molecule has 0 saturated carbocycles. The minimum Gasteiger partial charge on any atom is -0.387 e. The molecule has 1 fully saturated rings. The summed E-state index contributed by atoms with van der Waals surface area (Å²) < 4.78 is 26.0. The number of hydrogen-bond acceptors (Lipinski definition) is 4. The fourth-order valence-corrected chi connectivity index (χ4v) is 3.74. The Kier molecular flexibility index (Phi) is 3.75. The normalized spacial score (nSPS) is 18.9. The van der Waals surface area contributed by atoms with Gasteiger partial charge in [0, 0.05) is 18.7 Å². The topological polar surface area (TPSA) is 74.7 Å². The number of benzene rings is 1. The third-order valence-corrected chi connectivity index (χ3v) is 5.64. The average molecular weight is 297 g/mol. The Hall–Kier alpha value is -1.24. The molecule has 1 aromatic carbocycles. The summed E-state index contributed by atoms with van der Waals surface area (Å²) in [5.41, 5.74) is -0.587. The first-order valence-corrected chi connectivity index (χ1v) is 7.94. The molecule has 0 atom stereocenters. The quantitative estimate of drug-likeness (QED) is 0.850. The van der Waals surface area contributed by atoms with Gasteiger partial charge in [-0.3, -0.25) is 4.79 Å². The first-order valence-electron chi connectivity index (χ1n) is 6.50. The highest BCUT2D eigenvalue weighted by molar-refractivity contribution is 7.89. The number of carbonyl (C=O) groups excluding carboxylic acids is 1.